The summed E-state index contributed by atoms with van der Waals surface area (Å²) in [5, 5.41) is 3.06. The molecule has 0 bridgehead atoms. The third-order valence-corrected chi connectivity index (χ3v) is 5.02. The van der Waals surface area contributed by atoms with Crippen molar-refractivity contribution in [1.82, 2.24) is 0 Å². The van der Waals surface area contributed by atoms with Crippen molar-refractivity contribution < 1.29 is 21.6 Å². The molecule has 0 aromatic heterocycles. The molecule has 0 aliphatic heterocycles. The Balaban J connectivity index is 2.52. The van der Waals surface area contributed by atoms with Gasteiger partial charge in [-0.2, -0.15) is 24.9 Å². The second kappa shape index (κ2) is 7.93. The number of hydrogen-bond donors (Lipinski definition) is 1. The molecule has 3 nitrogen and oxygen atoms in total. The van der Waals surface area contributed by atoms with E-state index >= 15 is 0 Å². The van der Waals surface area contributed by atoms with E-state index in [9.17, 15) is 21.6 Å². The summed E-state index contributed by atoms with van der Waals surface area (Å²) in [6.07, 6.45) is 5.22. The lowest BCUT2D eigenvalue weighted by Crippen LogP contribution is -2.23. The van der Waals surface area contributed by atoms with Crippen LogP contribution in [-0.4, -0.2) is 32.5 Å². The van der Waals surface area contributed by atoms with Gasteiger partial charge in [-0.05, 0) is 49.1 Å². The summed E-state index contributed by atoms with van der Waals surface area (Å²) < 4.78 is 59.5. The Morgan fingerprint density at radius 3 is 2.24 bits per heavy atom. The van der Waals surface area contributed by atoms with Crippen LogP contribution in [0.25, 0.3) is 0 Å². The third-order valence-electron chi connectivity index (χ3n) is 2.82. The van der Waals surface area contributed by atoms with Crippen LogP contribution in [0.4, 0.5) is 18.9 Å². The lowest BCUT2D eigenvalue weighted by atomic mass is 10.2. The molecule has 0 saturated carbocycles. The number of unbranched alkanes of at least 4 members (excludes halogenated alkanes) is 2. The minimum Gasteiger partial charge on any atom is -0.385 e. The molecule has 21 heavy (non-hydrogen) atoms. The molecule has 0 amide bonds. The Bertz CT molecular complexity index is 527. The molecular weight excluding hydrogens is 323 g/mol. The van der Waals surface area contributed by atoms with Gasteiger partial charge < -0.3 is 5.32 Å². The zero-order chi connectivity index (χ0) is 15.9. The first-order valence-corrected chi connectivity index (χ1v) is 9.31. The van der Waals surface area contributed by atoms with Gasteiger partial charge in [-0.1, -0.05) is 6.42 Å². The van der Waals surface area contributed by atoms with Gasteiger partial charge in [0.2, 0.25) is 0 Å². The van der Waals surface area contributed by atoms with E-state index in [1.807, 2.05) is 0 Å². The van der Waals surface area contributed by atoms with E-state index in [1.165, 1.54) is 12.1 Å². The van der Waals surface area contributed by atoms with Gasteiger partial charge in [-0.15, -0.1) is 0 Å². The SMILES string of the molecule is CSCCCCCNc1ccc(S(=O)(=O)C(F)(F)F)cc1. The van der Waals surface area contributed by atoms with E-state index in [4.69, 9.17) is 0 Å². The molecule has 8 heteroatoms. The molecule has 0 aliphatic carbocycles. The smallest absolute Gasteiger partial charge is 0.385 e. The van der Waals surface area contributed by atoms with Crippen molar-refractivity contribution in [2.45, 2.75) is 29.7 Å². The number of nitrogens with one attached hydrogen (secondary N) is 1. The molecule has 1 N–H and O–H groups in total. The Hall–Kier alpha value is -0.890. The van der Waals surface area contributed by atoms with E-state index < -0.39 is 20.2 Å². The molecule has 0 aliphatic rings. The van der Waals surface area contributed by atoms with E-state index in [0.717, 1.165) is 37.1 Å². The number of halogens is 3. The molecule has 1 rings (SSSR count). The van der Waals surface area contributed by atoms with Crippen LogP contribution in [0.2, 0.25) is 0 Å². The molecule has 0 atom stereocenters. The van der Waals surface area contributed by atoms with Gasteiger partial charge in [0.1, 0.15) is 0 Å². The van der Waals surface area contributed by atoms with E-state index in [0.29, 0.717) is 12.2 Å². The van der Waals surface area contributed by atoms with Crippen LogP contribution in [0.3, 0.4) is 0 Å². The molecule has 0 unspecified atom stereocenters. The summed E-state index contributed by atoms with van der Waals surface area (Å²) in [4.78, 5) is -0.736. The summed E-state index contributed by atoms with van der Waals surface area (Å²) in [6.45, 7) is 0.708. The molecule has 0 heterocycles. The zero-order valence-electron chi connectivity index (χ0n) is 11.6. The Morgan fingerprint density at radius 2 is 1.71 bits per heavy atom. The van der Waals surface area contributed by atoms with Crippen LogP contribution in [-0.2, 0) is 9.84 Å². The zero-order valence-corrected chi connectivity index (χ0v) is 13.2. The molecular formula is C13H18F3NO2S2. The van der Waals surface area contributed by atoms with E-state index in [2.05, 4.69) is 11.6 Å². The minimum atomic E-state index is -5.26. The highest BCUT2D eigenvalue weighted by molar-refractivity contribution is 7.98. The van der Waals surface area contributed by atoms with Crippen molar-refractivity contribution in [3.8, 4) is 0 Å². The van der Waals surface area contributed by atoms with Gasteiger partial charge in [0.05, 0.1) is 4.90 Å². The van der Waals surface area contributed by atoms with Crippen molar-refractivity contribution in [2.24, 2.45) is 0 Å². The van der Waals surface area contributed by atoms with Crippen molar-refractivity contribution in [2.75, 3.05) is 23.9 Å². The van der Waals surface area contributed by atoms with Gasteiger partial charge in [-0.25, -0.2) is 8.42 Å². The van der Waals surface area contributed by atoms with E-state index in [-0.39, 0.29) is 0 Å². The summed E-state index contributed by atoms with van der Waals surface area (Å²) in [6, 6.07) is 4.64. The highest BCUT2D eigenvalue weighted by atomic mass is 32.2. The molecule has 0 radical (unpaired) electrons. The molecule has 1 aromatic rings. The van der Waals surface area contributed by atoms with E-state index in [1.54, 1.807) is 11.8 Å². The van der Waals surface area contributed by atoms with Crippen LogP contribution >= 0.6 is 11.8 Å². The van der Waals surface area contributed by atoms with Crippen molar-refractivity contribution in [3.63, 3.8) is 0 Å². The topological polar surface area (TPSA) is 46.2 Å². The maximum absolute atomic E-state index is 12.4. The normalized spacial score (nSPS) is 12.4. The summed E-state index contributed by atoms with van der Waals surface area (Å²) in [7, 11) is -5.26. The third kappa shape index (κ3) is 5.43. The van der Waals surface area contributed by atoms with Crippen molar-refractivity contribution in [3.05, 3.63) is 24.3 Å². The van der Waals surface area contributed by atoms with Gasteiger partial charge in [0, 0.05) is 12.2 Å². The fourth-order valence-corrected chi connectivity index (χ4v) is 2.92. The Morgan fingerprint density at radius 1 is 1.10 bits per heavy atom. The van der Waals surface area contributed by atoms with Crippen LogP contribution < -0.4 is 5.32 Å². The lowest BCUT2D eigenvalue weighted by molar-refractivity contribution is -0.0436. The van der Waals surface area contributed by atoms with Crippen molar-refractivity contribution in [1.29, 1.82) is 0 Å². The fraction of sp³-hybridized carbons (Fsp3) is 0.538. The fourth-order valence-electron chi connectivity index (χ4n) is 1.67. The maximum Gasteiger partial charge on any atom is 0.501 e. The standard InChI is InChI=1S/C13H18F3NO2S2/c1-20-10-4-2-3-9-17-11-5-7-12(8-6-11)21(18,19)13(14,15)16/h5-8,17H,2-4,9-10H2,1H3. The average molecular weight is 341 g/mol. The first-order valence-electron chi connectivity index (χ1n) is 6.43. The first-order chi connectivity index (χ1) is 9.79. The van der Waals surface area contributed by atoms with Gasteiger partial charge in [0.25, 0.3) is 9.84 Å². The maximum atomic E-state index is 12.4. The highest BCUT2D eigenvalue weighted by Crippen LogP contribution is 2.30. The van der Waals surface area contributed by atoms with Crippen LogP contribution in [0.15, 0.2) is 29.2 Å². The van der Waals surface area contributed by atoms with Gasteiger partial charge in [-0.3, -0.25) is 0 Å². The second-order valence-electron chi connectivity index (χ2n) is 4.45. The highest BCUT2D eigenvalue weighted by Gasteiger charge is 2.46. The second-order valence-corrected chi connectivity index (χ2v) is 7.38. The minimum absolute atomic E-state index is 0.612. The Labute approximate surface area is 127 Å². The van der Waals surface area contributed by atoms with Crippen LogP contribution in [0.5, 0.6) is 0 Å². The van der Waals surface area contributed by atoms with Crippen LogP contribution in [0, 0.1) is 0 Å². The molecule has 1 aromatic carbocycles. The summed E-state index contributed by atoms with van der Waals surface area (Å²) >= 11 is 1.79. The molecule has 120 valence electrons. The number of rotatable bonds is 8. The van der Waals surface area contributed by atoms with Gasteiger partial charge in [0.15, 0.2) is 0 Å². The summed E-state index contributed by atoms with van der Waals surface area (Å²) in [5.74, 6) is 1.12. The van der Waals surface area contributed by atoms with Crippen LogP contribution in [0.1, 0.15) is 19.3 Å². The molecule has 0 fully saturated rings. The van der Waals surface area contributed by atoms with Crippen molar-refractivity contribution >= 4 is 27.3 Å². The quantitative estimate of drug-likeness (QED) is 0.728. The predicted octanol–water partition coefficient (Wildman–Crippen LogP) is 3.93. The Kier molecular flexibility index (Phi) is 6.86. The predicted molar refractivity (Wildman–Crippen MR) is 80.4 cm³/mol. The average Bonchev–Trinajstić information content (AvgIpc) is 2.42. The lowest BCUT2D eigenvalue weighted by Gasteiger charge is -2.10. The molecule has 0 saturated heterocycles. The largest absolute Gasteiger partial charge is 0.501 e. The monoisotopic (exact) mass is 341 g/mol. The number of benzene rings is 1. The number of hydrogen-bond acceptors (Lipinski definition) is 4. The number of sulfone groups is 1. The number of alkyl halides is 3. The number of thioether (sulfide) groups is 1. The van der Waals surface area contributed by atoms with Gasteiger partial charge >= 0.3 is 5.51 Å². The summed E-state index contributed by atoms with van der Waals surface area (Å²) in [5.41, 5.74) is -4.65. The number of anilines is 1. The first kappa shape index (κ1) is 18.2. The molecule has 0 spiro atoms.